The molecule has 2 aliphatic heterocycles. The largest absolute Gasteiger partial charge is 0.465 e. The van der Waals surface area contributed by atoms with Crippen LogP contribution in [-0.4, -0.2) is 58.9 Å². The molecule has 2 aromatic rings. The van der Waals surface area contributed by atoms with Gasteiger partial charge in [-0.3, -0.25) is 0 Å². The third kappa shape index (κ3) is 6.68. The molecule has 2 saturated heterocycles. The first-order valence-corrected chi connectivity index (χ1v) is 15.3. The van der Waals surface area contributed by atoms with Gasteiger partial charge in [-0.2, -0.15) is 0 Å². The zero-order valence-corrected chi connectivity index (χ0v) is 24.5. The Labute approximate surface area is 242 Å². The Balaban J connectivity index is 1.37. The molecule has 2 atom stereocenters. The quantitative estimate of drug-likeness (QED) is 0.275. The van der Waals surface area contributed by atoms with E-state index in [1.165, 1.54) is 12.1 Å². The second kappa shape index (κ2) is 12.8. The summed E-state index contributed by atoms with van der Waals surface area (Å²) < 4.78 is 20.8. The van der Waals surface area contributed by atoms with E-state index in [0.29, 0.717) is 35.1 Å². The van der Waals surface area contributed by atoms with E-state index in [9.17, 15) is 9.18 Å². The predicted molar refractivity (Wildman–Crippen MR) is 158 cm³/mol. The maximum absolute atomic E-state index is 14.3. The number of piperidine rings is 1. The summed E-state index contributed by atoms with van der Waals surface area (Å²) in [6.45, 7) is 9.39. The number of carboxylic acid groups (broad SMARTS) is 1. The molecule has 224 valence electrons. The van der Waals surface area contributed by atoms with Crippen molar-refractivity contribution in [2.45, 2.75) is 90.3 Å². The number of benzene rings is 1. The second-order valence-corrected chi connectivity index (χ2v) is 12.5. The fraction of sp³-hybridized carbons (Fsp3) is 0.645. The van der Waals surface area contributed by atoms with Crippen LogP contribution in [0.2, 0.25) is 0 Å². The molecule has 1 amide bonds. The molecule has 3 aliphatic rings. The van der Waals surface area contributed by atoms with Crippen LogP contribution in [0, 0.1) is 23.1 Å². The topological polar surface area (TPSA) is 112 Å². The first-order valence-electron chi connectivity index (χ1n) is 15.3. The van der Waals surface area contributed by atoms with Gasteiger partial charge in [0.1, 0.15) is 12.1 Å². The second-order valence-electron chi connectivity index (χ2n) is 12.5. The van der Waals surface area contributed by atoms with Crippen molar-refractivity contribution < 1.29 is 19.0 Å². The van der Waals surface area contributed by atoms with Crippen LogP contribution in [0.4, 0.5) is 20.7 Å². The summed E-state index contributed by atoms with van der Waals surface area (Å²) in [7, 11) is 0. The normalized spacial score (nSPS) is 24.5. The maximum atomic E-state index is 14.3. The molecule has 1 saturated carbocycles. The lowest BCUT2D eigenvalue weighted by atomic mass is 9.62. The smallest absolute Gasteiger partial charge is 0.404 e. The molecule has 4 N–H and O–H groups in total. The van der Waals surface area contributed by atoms with Gasteiger partial charge in [0.15, 0.2) is 17.3 Å². The molecule has 41 heavy (non-hydrogen) atoms. The molecule has 1 aromatic heterocycles. The molecule has 5 rings (SSSR count). The number of ether oxygens (including phenoxy) is 1. The van der Waals surface area contributed by atoms with Gasteiger partial charge in [-0.25, -0.2) is 19.2 Å². The van der Waals surface area contributed by atoms with E-state index >= 15 is 0 Å². The molecule has 0 bridgehead atoms. The van der Waals surface area contributed by atoms with Crippen molar-refractivity contribution in [1.82, 2.24) is 20.6 Å². The fourth-order valence-electron chi connectivity index (χ4n) is 7.18. The Kier molecular flexibility index (Phi) is 9.16. The van der Waals surface area contributed by atoms with Crippen LogP contribution in [0.3, 0.4) is 0 Å². The molecular formula is C31H45FN6O3. The molecule has 9 nitrogen and oxygen atoms in total. The first-order chi connectivity index (χ1) is 19.8. The van der Waals surface area contributed by atoms with E-state index in [-0.39, 0.29) is 23.3 Å². The highest BCUT2D eigenvalue weighted by Crippen LogP contribution is 2.52. The highest BCUT2D eigenvalue weighted by atomic mass is 19.1. The molecule has 1 spiro atoms. The average Bonchev–Trinajstić information content (AvgIpc) is 2.96. The Morgan fingerprint density at radius 2 is 1.98 bits per heavy atom. The SMILES string of the molecule is CCC(Nc1cc(F)ccc1Oc1cncnc1N1CC2(CCNCC2)C1CC1CCC(NC(=O)O)CC1)C(C)C. The summed E-state index contributed by atoms with van der Waals surface area (Å²) in [5.74, 6) is 2.52. The fourth-order valence-corrected chi connectivity index (χ4v) is 7.18. The third-order valence-electron chi connectivity index (χ3n) is 9.58. The van der Waals surface area contributed by atoms with Crippen molar-refractivity contribution in [2.24, 2.45) is 17.3 Å². The van der Waals surface area contributed by atoms with Crippen molar-refractivity contribution in [2.75, 3.05) is 29.9 Å². The minimum atomic E-state index is -0.933. The summed E-state index contributed by atoms with van der Waals surface area (Å²) in [6, 6.07) is 5.16. The number of nitrogens with zero attached hydrogens (tertiary/aromatic N) is 3. The minimum Gasteiger partial charge on any atom is -0.465 e. The Morgan fingerprint density at radius 1 is 1.22 bits per heavy atom. The molecule has 10 heteroatoms. The molecule has 2 unspecified atom stereocenters. The zero-order chi connectivity index (χ0) is 29.0. The lowest BCUT2D eigenvalue weighted by Gasteiger charge is -2.61. The Hall–Kier alpha value is -3.14. The summed E-state index contributed by atoms with van der Waals surface area (Å²) in [4.78, 5) is 22.5. The van der Waals surface area contributed by atoms with E-state index < -0.39 is 6.09 Å². The third-order valence-corrected chi connectivity index (χ3v) is 9.58. The lowest BCUT2D eigenvalue weighted by Crippen LogP contribution is -2.68. The van der Waals surface area contributed by atoms with Crippen LogP contribution in [-0.2, 0) is 0 Å². The van der Waals surface area contributed by atoms with Crippen molar-refractivity contribution >= 4 is 17.6 Å². The zero-order valence-electron chi connectivity index (χ0n) is 24.5. The minimum absolute atomic E-state index is 0.0532. The monoisotopic (exact) mass is 568 g/mol. The van der Waals surface area contributed by atoms with Gasteiger partial charge < -0.3 is 30.7 Å². The molecule has 3 heterocycles. The van der Waals surface area contributed by atoms with Gasteiger partial charge in [0.05, 0.1) is 11.9 Å². The summed E-state index contributed by atoms with van der Waals surface area (Å²) in [5.41, 5.74) is 0.861. The number of nitrogens with one attached hydrogen (secondary N) is 3. The number of hydrogen-bond donors (Lipinski definition) is 4. The molecule has 0 radical (unpaired) electrons. The predicted octanol–water partition coefficient (Wildman–Crippen LogP) is 6.03. The van der Waals surface area contributed by atoms with Crippen LogP contribution in [0.5, 0.6) is 11.5 Å². The van der Waals surface area contributed by atoms with Crippen molar-refractivity contribution in [3.05, 3.63) is 36.5 Å². The number of amides is 1. The summed E-state index contributed by atoms with van der Waals surface area (Å²) in [5, 5.41) is 18.8. The number of halogens is 1. The average molecular weight is 569 g/mol. The van der Waals surface area contributed by atoms with Crippen molar-refractivity contribution in [3.63, 3.8) is 0 Å². The van der Waals surface area contributed by atoms with E-state index in [2.05, 4.69) is 46.6 Å². The van der Waals surface area contributed by atoms with Crippen LogP contribution < -0.4 is 25.6 Å². The number of rotatable bonds is 10. The summed E-state index contributed by atoms with van der Waals surface area (Å²) >= 11 is 0. The Bertz CT molecular complexity index is 1180. The standard InChI is InChI=1S/C31H45FN6O3/c1-4-24(20(2)3)37-25-16-22(32)7-10-26(25)41-27-17-34-19-35-29(27)38-18-31(11-13-33-14-12-31)28(38)15-21-5-8-23(9-6-21)36-30(39)40/h7,10,16-17,19-21,23-24,28,33,36-37H,4-6,8-9,11-15,18H2,1-3H3,(H,39,40). The van der Waals surface area contributed by atoms with E-state index in [0.717, 1.165) is 76.8 Å². The van der Waals surface area contributed by atoms with Gasteiger partial charge in [0, 0.05) is 36.2 Å². The number of aromatic nitrogens is 2. The van der Waals surface area contributed by atoms with E-state index in [1.807, 2.05) is 0 Å². The van der Waals surface area contributed by atoms with Gasteiger partial charge in [-0.05, 0) is 88.4 Å². The first kappa shape index (κ1) is 29.4. The van der Waals surface area contributed by atoms with Gasteiger partial charge in [-0.1, -0.05) is 20.8 Å². The number of hydrogen-bond acceptors (Lipinski definition) is 7. The van der Waals surface area contributed by atoms with E-state index in [4.69, 9.17) is 14.8 Å². The number of anilines is 2. The molecule has 1 aromatic carbocycles. The molecule has 3 fully saturated rings. The van der Waals surface area contributed by atoms with Gasteiger partial charge in [0.2, 0.25) is 0 Å². The van der Waals surface area contributed by atoms with Crippen LogP contribution in [0.25, 0.3) is 0 Å². The van der Waals surface area contributed by atoms with Gasteiger partial charge in [-0.15, -0.1) is 0 Å². The molecule has 1 aliphatic carbocycles. The Morgan fingerprint density at radius 3 is 2.66 bits per heavy atom. The van der Waals surface area contributed by atoms with E-state index in [1.54, 1.807) is 18.6 Å². The maximum Gasteiger partial charge on any atom is 0.404 e. The summed E-state index contributed by atoms with van der Waals surface area (Å²) in [6.07, 6.45) is 10.4. The van der Waals surface area contributed by atoms with Crippen molar-refractivity contribution in [1.29, 1.82) is 0 Å². The van der Waals surface area contributed by atoms with Crippen LogP contribution in [0.15, 0.2) is 30.7 Å². The van der Waals surface area contributed by atoms with Crippen LogP contribution >= 0.6 is 0 Å². The van der Waals surface area contributed by atoms with Crippen LogP contribution in [0.1, 0.15) is 72.1 Å². The highest BCUT2D eigenvalue weighted by molar-refractivity contribution is 5.65. The highest BCUT2D eigenvalue weighted by Gasteiger charge is 2.54. The van der Waals surface area contributed by atoms with Gasteiger partial charge in [0.25, 0.3) is 0 Å². The molecular weight excluding hydrogens is 523 g/mol. The lowest BCUT2D eigenvalue weighted by molar-refractivity contribution is 0.0586. The van der Waals surface area contributed by atoms with Gasteiger partial charge >= 0.3 is 6.09 Å². The van der Waals surface area contributed by atoms with Crippen molar-refractivity contribution in [3.8, 4) is 11.5 Å². The number of carbonyl (C=O) groups is 1.